The number of ether oxygens (including phenoxy) is 2. The number of aliphatic hydroxyl groups is 1. The molecule has 1 unspecified atom stereocenters. The van der Waals surface area contributed by atoms with Crippen molar-refractivity contribution in [2.24, 2.45) is 0 Å². The average Bonchev–Trinajstić information content (AvgIpc) is 2.26. The summed E-state index contributed by atoms with van der Waals surface area (Å²) in [6, 6.07) is 1.88. The van der Waals surface area contributed by atoms with E-state index >= 15 is 0 Å². The molecule has 0 spiro atoms. The average molecular weight is 265 g/mol. The van der Waals surface area contributed by atoms with Crippen molar-refractivity contribution in [2.45, 2.75) is 57.8 Å². The van der Waals surface area contributed by atoms with Crippen LogP contribution in [0.25, 0.3) is 0 Å². The van der Waals surface area contributed by atoms with Crippen LogP contribution in [0.3, 0.4) is 0 Å². The lowest BCUT2D eigenvalue weighted by Gasteiger charge is -2.41. The van der Waals surface area contributed by atoms with E-state index in [1.54, 1.807) is 12.4 Å². The highest BCUT2D eigenvalue weighted by atomic mass is 16.5. The second-order valence-electron chi connectivity index (χ2n) is 6.14. The summed E-state index contributed by atoms with van der Waals surface area (Å²) in [5, 5.41) is 10.9. The molecule has 1 aliphatic rings. The molecule has 4 nitrogen and oxygen atoms in total. The zero-order chi connectivity index (χ0) is 14.1. The predicted molar refractivity (Wildman–Crippen MR) is 73.2 cm³/mol. The minimum atomic E-state index is -0.884. The second-order valence-corrected chi connectivity index (χ2v) is 6.14. The fourth-order valence-electron chi connectivity index (χ4n) is 2.60. The molecule has 0 radical (unpaired) electrons. The van der Waals surface area contributed by atoms with Crippen molar-refractivity contribution in [2.75, 3.05) is 6.61 Å². The topological polar surface area (TPSA) is 51.6 Å². The summed E-state index contributed by atoms with van der Waals surface area (Å²) in [5.74, 6) is 0.699. The molecule has 0 bridgehead atoms. The Bertz CT molecular complexity index is 445. The first-order valence-corrected chi connectivity index (χ1v) is 6.79. The molecular weight excluding hydrogens is 242 g/mol. The number of pyridine rings is 1. The van der Waals surface area contributed by atoms with E-state index in [0.717, 1.165) is 5.56 Å². The molecule has 0 amide bonds. The molecule has 0 aromatic carbocycles. The third kappa shape index (κ3) is 3.45. The SMILES string of the molecule is CC(C)Oc1cncc(C2(O)CCOC(C)(C)C2)c1. The summed E-state index contributed by atoms with van der Waals surface area (Å²) in [5.41, 5.74) is -0.394. The van der Waals surface area contributed by atoms with Crippen LogP contribution in [0.2, 0.25) is 0 Å². The van der Waals surface area contributed by atoms with E-state index in [1.165, 1.54) is 0 Å². The van der Waals surface area contributed by atoms with E-state index in [2.05, 4.69) is 4.98 Å². The molecule has 1 aliphatic heterocycles. The lowest BCUT2D eigenvalue weighted by molar-refractivity contribution is -0.148. The highest BCUT2D eigenvalue weighted by Crippen LogP contribution is 2.39. The molecular formula is C15H23NO3. The Balaban J connectivity index is 2.25. The maximum absolute atomic E-state index is 10.9. The monoisotopic (exact) mass is 265 g/mol. The van der Waals surface area contributed by atoms with Gasteiger partial charge in [0.2, 0.25) is 0 Å². The van der Waals surface area contributed by atoms with E-state index in [9.17, 15) is 5.11 Å². The van der Waals surface area contributed by atoms with Crippen LogP contribution in [0.15, 0.2) is 18.5 Å². The number of nitrogens with zero attached hydrogens (tertiary/aromatic N) is 1. The van der Waals surface area contributed by atoms with Gasteiger partial charge in [0.05, 0.1) is 30.1 Å². The fraction of sp³-hybridized carbons (Fsp3) is 0.667. The molecule has 1 atom stereocenters. The molecule has 0 saturated carbocycles. The highest BCUT2D eigenvalue weighted by Gasteiger charge is 2.41. The molecule has 106 valence electrons. The summed E-state index contributed by atoms with van der Waals surface area (Å²) in [6.07, 6.45) is 4.64. The molecule has 2 rings (SSSR count). The summed E-state index contributed by atoms with van der Waals surface area (Å²) in [7, 11) is 0. The molecule has 1 aromatic heterocycles. The van der Waals surface area contributed by atoms with Gasteiger partial charge in [-0.2, -0.15) is 0 Å². The molecule has 0 aliphatic carbocycles. The first kappa shape index (κ1) is 14.3. The molecule has 1 saturated heterocycles. The maximum Gasteiger partial charge on any atom is 0.138 e. The first-order chi connectivity index (χ1) is 8.81. The molecule has 4 heteroatoms. The molecule has 1 aromatic rings. The first-order valence-electron chi connectivity index (χ1n) is 6.79. The van der Waals surface area contributed by atoms with E-state index in [0.29, 0.717) is 25.2 Å². The molecule has 1 fully saturated rings. The minimum absolute atomic E-state index is 0.0952. The van der Waals surface area contributed by atoms with Gasteiger partial charge in [-0.05, 0) is 33.8 Å². The van der Waals surface area contributed by atoms with Crippen molar-refractivity contribution in [1.29, 1.82) is 0 Å². The van der Waals surface area contributed by atoms with Gasteiger partial charge in [-0.3, -0.25) is 4.98 Å². The van der Waals surface area contributed by atoms with Gasteiger partial charge in [0.1, 0.15) is 5.75 Å². The summed E-state index contributed by atoms with van der Waals surface area (Å²) >= 11 is 0. The predicted octanol–water partition coefficient (Wildman–Crippen LogP) is 2.65. The van der Waals surface area contributed by atoms with Gasteiger partial charge in [-0.15, -0.1) is 0 Å². The quantitative estimate of drug-likeness (QED) is 0.913. The van der Waals surface area contributed by atoms with Crippen molar-refractivity contribution < 1.29 is 14.6 Å². The summed E-state index contributed by atoms with van der Waals surface area (Å²) in [6.45, 7) is 8.49. The molecule has 2 heterocycles. The number of hydrogen-bond acceptors (Lipinski definition) is 4. The zero-order valence-corrected chi connectivity index (χ0v) is 12.1. The van der Waals surface area contributed by atoms with Crippen LogP contribution in [0, 0.1) is 0 Å². The smallest absolute Gasteiger partial charge is 0.138 e. The Labute approximate surface area is 114 Å². The van der Waals surface area contributed by atoms with Crippen LogP contribution in [0.5, 0.6) is 5.75 Å². The lowest BCUT2D eigenvalue weighted by atomic mass is 9.80. The van der Waals surface area contributed by atoms with Gasteiger partial charge in [0.15, 0.2) is 0 Å². The van der Waals surface area contributed by atoms with Crippen LogP contribution >= 0.6 is 0 Å². The van der Waals surface area contributed by atoms with Crippen molar-refractivity contribution in [1.82, 2.24) is 4.98 Å². The van der Waals surface area contributed by atoms with Crippen LogP contribution in [-0.4, -0.2) is 28.4 Å². The zero-order valence-electron chi connectivity index (χ0n) is 12.1. The van der Waals surface area contributed by atoms with E-state index in [4.69, 9.17) is 9.47 Å². The van der Waals surface area contributed by atoms with E-state index in [1.807, 2.05) is 33.8 Å². The normalized spacial score (nSPS) is 26.4. The Morgan fingerprint density at radius 2 is 2.11 bits per heavy atom. The Morgan fingerprint density at radius 3 is 2.74 bits per heavy atom. The standard InChI is InChI=1S/C15H23NO3/c1-11(2)19-13-7-12(8-16-9-13)15(17)5-6-18-14(3,4)10-15/h7-9,11,17H,5-6,10H2,1-4H3. The maximum atomic E-state index is 10.9. The Hall–Kier alpha value is -1.13. The van der Waals surface area contributed by atoms with Gasteiger partial charge in [-0.1, -0.05) is 0 Å². The van der Waals surface area contributed by atoms with Crippen LogP contribution in [0.4, 0.5) is 0 Å². The molecule has 19 heavy (non-hydrogen) atoms. The van der Waals surface area contributed by atoms with E-state index < -0.39 is 5.60 Å². The Morgan fingerprint density at radius 1 is 1.37 bits per heavy atom. The third-order valence-corrected chi connectivity index (χ3v) is 3.35. The molecule has 1 N–H and O–H groups in total. The van der Waals surface area contributed by atoms with Crippen molar-refractivity contribution in [3.05, 3.63) is 24.0 Å². The van der Waals surface area contributed by atoms with E-state index in [-0.39, 0.29) is 11.7 Å². The summed E-state index contributed by atoms with van der Waals surface area (Å²) < 4.78 is 11.3. The van der Waals surface area contributed by atoms with Crippen molar-refractivity contribution in [3.63, 3.8) is 0 Å². The largest absolute Gasteiger partial charge is 0.489 e. The van der Waals surface area contributed by atoms with Crippen LogP contribution in [0.1, 0.15) is 46.1 Å². The van der Waals surface area contributed by atoms with Gasteiger partial charge in [-0.25, -0.2) is 0 Å². The number of aromatic nitrogens is 1. The highest BCUT2D eigenvalue weighted by molar-refractivity contribution is 5.29. The van der Waals surface area contributed by atoms with Crippen LogP contribution in [-0.2, 0) is 10.3 Å². The van der Waals surface area contributed by atoms with Gasteiger partial charge < -0.3 is 14.6 Å². The van der Waals surface area contributed by atoms with Crippen LogP contribution < -0.4 is 4.74 Å². The van der Waals surface area contributed by atoms with Gasteiger partial charge >= 0.3 is 0 Å². The Kier molecular flexibility index (Phi) is 3.83. The van der Waals surface area contributed by atoms with Crippen molar-refractivity contribution in [3.8, 4) is 5.75 Å². The fourth-order valence-corrected chi connectivity index (χ4v) is 2.60. The number of rotatable bonds is 3. The second kappa shape index (κ2) is 5.10. The minimum Gasteiger partial charge on any atom is -0.489 e. The van der Waals surface area contributed by atoms with Gasteiger partial charge in [0.25, 0.3) is 0 Å². The summed E-state index contributed by atoms with van der Waals surface area (Å²) in [4.78, 5) is 4.18. The third-order valence-electron chi connectivity index (χ3n) is 3.35. The van der Waals surface area contributed by atoms with Gasteiger partial charge in [0, 0.05) is 24.6 Å². The number of hydrogen-bond donors (Lipinski definition) is 1. The van der Waals surface area contributed by atoms with Crippen molar-refractivity contribution >= 4 is 0 Å². The lowest BCUT2D eigenvalue weighted by Crippen LogP contribution is -2.43.